The van der Waals surface area contributed by atoms with Gasteiger partial charge in [0.15, 0.2) is 0 Å². The van der Waals surface area contributed by atoms with Crippen LogP contribution in [-0.2, 0) is 6.42 Å². The highest BCUT2D eigenvalue weighted by molar-refractivity contribution is 6.01. The van der Waals surface area contributed by atoms with Crippen molar-refractivity contribution in [2.45, 2.75) is 26.7 Å². The molecule has 5 nitrogen and oxygen atoms in total. The van der Waals surface area contributed by atoms with Gasteiger partial charge in [-0.15, -0.1) is 5.10 Å². The van der Waals surface area contributed by atoms with Crippen molar-refractivity contribution in [3.63, 3.8) is 0 Å². The fourth-order valence-corrected chi connectivity index (χ4v) is 1.67. The van der Waals surface area contributed by atoms with Crippen molar-refractivity contribution in [3.05, 3.63) is 41.5 Å². The minimum Gasteiger partial charge on any atom is -0.319 e. The van der Waals surface area contributed by atoms with E-state index < -0.39 is 0 Å². The summed E-state index contributed by atoms with van der Waals surface area (Å²) in [6, 6.07) is 7.81. The number of carbonyl (C=O) groups is 1. The number of aromatic nitrogens is 3. The number of anilines is 1. The minimum atomic E-state index is -0.303. The summed E-state index contributed by atoms with van der Waals surface area (Å²) in [6.45, 7) is 3.89. The maximum Gasteiger partial charge on any atom is 0.295 e. The Bertz CT molecular complexity index is 530. The van der Waals surface area contributed by atoms with Gasteiger partial charge < -0.3 is 5.32 Å². The number of rotatable bonds is 4. The third kappa shape index (κ3) is 2.94. The predicted octanol–water partition coefficient (Wildman–Crippen LogP) is 2.32. The monoisotopic (exact) mass is 244 g/mol. The summed E-state index contributed by atoms with van der Waals surface area (Å²) >= 11 is 0. The zero-order valence-corrected chi connectivity index (χ0v) is 10.5. The van der Waals surface area contributed by atoms with E-state index in [0.717, 1.165) is 18.5 Å². The normalized spacial score (nSPS) is 10.3. The van der Waals surface area contributed by atoms with Crippen molar-refractivity contribution >= 4 is 11.6 Å². The molecule has 0 aliphatic heterocycles. The summed E-state index contributed by atoms with van der Waals surface area (Å²) in [4.78, 5) is 15.8. The van der Waals surface area contributed by atoms with Crippen molar-refractivity contribution in [2.24, 2.45) is 0 Å². The highest BCUT2D eigenvalue weighted by atomic mass is 16.2. The lowest BCUT2D eigenvalue weighted by molar-refractivity contribution is 0.101. The Hall–Kier alpha value is -2.17. The number of amides is 1. The first kappa shape index (κ1) is 12.3. The number of carbonyl (C=O) groups excluding carboxylic acids is 1. The molecule has 2 aromatic rings. The number of nitrogens with one attached hydrogen (secondary N) is 2. The maximum atomic E-state index is 11.8. The van der Waals surface area contributed by atoms with Crippen LogP contribution >= 0.6 is 0 Å². The largest absolute Gasteiger partial charge is 0.319 e. The molecule has 0 aliphatic carbocycles. The Morgan fingerprint density at radius 2 is 2.06 bits per heavy atom. The van der Waals surface area contributed by atoms with Crippen LogP contribution in [0.2, 0.25) is 0 Å². The van der Waals surface area contributed by atoms with E-state index in [2.05, 4.69) is 27.4 Å². The summed E-state index contributed by atoms with van der Waals surface area (Å²) in [5, 5.41) is 9.21. The van der Waals surface area contributed by atoms with Crippen LogP contribution in [0.1, 0.15) is 35.4 Å². The van der Waals surface area contributed by atoms with Gasteiger partial charge >= 0.3 is 0 Å². The van der Waals surface area contributed by atoms with E-state index in [-0.39, 0.29) is 11.7 Å². The summed E-state index contributed by atoms with van der Waals surface area (Å²) in [7, 11) is 0. The molecule has 0 aliphatic rings. The Morgan fingerprint density at radius 1 is 1.33 bits per heavy atom. The number of H-pyrrole nitrogens is 1. The first-order valence-corrected chi connectivity index (χ1v) is 5.98. The van der Waals surface area contributed by atoms with Gasteiger partial charge in [-0.3, -0.25) is 9.89 Å². The van der Waals surface area contributed by atoms with Crippen LogP contribution < -0.4 is 5.32 Å². The molecule has 1 aromatic carbocycles. The van der Waals surface area contributed by atoms with Crippen LogP contribution in [0.3, 0.4) is 0 Å². The smallest absolute Gasteiger partial charge is 0.295 e. The molecule has 0 saturated heterocycles. The van der Waals surface area contributed by atoms with E-state index in [0.29, 0.717) is 5.82 Å². The van der Waals surface area contributed by atoms with Gasteiger partial charge in [-0.1, -0.05) is 25.5 Å². The second kappa shape index (κ2) is 5.44. The third-order valence-corrected chi connectivity index (χ3v) is 2.55. The first-order valence-electron chi connectivity index (χ1n) is 5.98. The number of hydrogen-bond acceptors (Lipinski definition) is 3. The van der Waals surface area contributed by atoms with Gasteiger partial charge in [0, 0.05) is 5.69 Å². The highest BCUT2D eigenvalue weighted by Crippen LogP contribution is 2.11. The van der Waals surface area contributed by atoms with Crippen LogP contribution in [0.4, 0.5) is 5.69 Å². The molecule has 0 fully saturated rings. The lowest BCUT2D eigenvalue weighted by Crippen LogP contribution is -2.13. The third-order valence-electron chi connectivity index (χ3n) is 2.55. The molecule has 2 N–H and O–H groups in total. The number of nitrogens with zero attached hydrogens (tertiary/aromatic N) is 2. The number of aromatic amines is 1. The van der Waals surface area contributed by atoms with Crippen molar-refractivity contribution in [1.29, 1.82) is 0 Å². The van der Waals surface area contributed by atoms with Gasteiger partial charge in [0.1, 0.15) is 5.82 Å². The van der Waals surface area contributed by atoms with Crippen molar-refractivity contribution < 1.29 is 4.79 Å². The second-order valence-corrected chi connectivity index (χ2v) is 4.15. The van der Waals surface area contributed by atoms with E-state index in [1.165, 1.54) is 5.56 Å². The zero-order chi connectivity index (χ0) is 13.0. The number of hydrogen-bond donors (Lipinski definition) is 2. The molecule has 2 rings (SSSR count). The molecule has 18 heavy (non-hydrogen) atoms. The fraction of sp³-hybridized carbons (Fsp3) is 0.308. The summed E-state index contributed by atoms with van der Waals surface area (Å²) < 4.78 is 0. The Kier molecular flexibility index (Phi) is 3.72. The van der Waals surface area contributed by atoms with Gasteiger partial charge in [0.05, 0.1) is 0 Å². The average molecular weight is 244 g/mol. The van der Waals surface area contributed by atoms with Gasteiger partial charge in [0.25, 0.3) is 5.91 Å². The molecule has 0 saturated carbocycles. The molecule has 1 aromatic heterocycles. The van der Waals surface area contributed by atoms with Crippen molar-refractivity contribution in [2.75, 3.05) is 5.32 Å². The average Bonchev–Trinajstić information content (AvgIpc) is 2.79. The molecule has 1 heterocycles. The Balaban J connectivity index is 2.03. The molecule has 0 atom stereocenters. The summed E-state index contributed by atoms with van der Waals surface area (Å²) in [6.07, 6.45) is 2.16. The van der Waals surface area contributed by atoms with Crippen molar-refractivity contribution in [1.82, 2.24) is 15.2 Å². The highest BCUT2D eigenvalue weighted by Gasteiger charge is 2.10. The van der Waals surface area contributed by atoms with Gasteiger partial charge in [-0.25, -0.2) is 4.98 Å². The first-order chi connectivity index (χ1) is 8.69. The van der Waals surface area contributed by atoms with Crippen LogP contribution in [0.25, 0.3) is 0 Å². The van der Waals surface area contributed by atoms with Crippen LogP contribution in [0, 0.1) is 6.92 Å². The lowest BCUT2D eigenvalue weighted by Gasteiger charge is -2.04. The molecule has 94 valence electrons. The van der Waals surface area contributed by atoms with E-state index in [4.69, 9.17) is 0 Å². The molecule has 0 bridgehead atoms. The van der Waals surface area contributed by atoms with Crippen LogP contribution in [0.15, 0.2) is 24.3 Å². The summed E-state index contributed by atoms with van der Waals surface area (Å²) in [5.41, 5.74) is 2.02. The van der Waals surface area contributed by atoms with Gasteiger partial charge in [0.2, 0.25) is 5.82 Å². The quantitative estimate of drug-likeness (QED) is 0.867. The maximum absolute atomic E-state index is 11.8. The number of aryl methyl sites for hydroxylation is 2. The van der Waals surface area contributed by atoms with Gasteiger partial charge in [-0.05, 0) is 31.0 Å². The molecular formula is C13H16N4O. The van der Waals surface area contributed by atoms with E-state index in [1.807, 2.05) is 24.3 Å². The van der Waals surface area contributed by atoms with Crippen LogP contribution in [0.5, 0.6) is 0 Å². The fourth-order valence-electron chi connectivity index (χ4n) is 1.67. The molecular weight excluding hydrogens is 228 g/mol. The van der Waals surface area contributed by atoms with E-state index >= 15 is 0 Å². The SMILES string of the molecule is CCCc1ccc(NC(=O)c2n[nH]c(C)n2)cc1. The molecule has 0 spiro atoms. The van der Waals surface area contributed by atoms with E-state index in [9.17, 15) is 4.79 Å². The molecule has 0 unspecified atom stereocenters. The summed E-state index contributed by atoms with van der Waals surface area (Å²) in [5.74, 6) is 0.478. The second-order valence-electron chi connectivity index (χ2n) is 4.15. The topological polar surface area (TPSA) is 70.7 Å². The minimum absolute atomic E-state index is 0.158. The molecule has 5 heteroatoms. The van der Waals surface area contributed by atoms with Crippen molar-refractivity contribution in [3.8, 4) is 0 Å². The van der Waals surface area contributed by atoms with Crippen LogP contribution in [-0.4, -0.2) is 21.1 Å². The lowest BCUT2D eigenvalue weighted by atomic mass is 10.1. The Morgan fingerprint density at radius 3 is 2.61 bits per heavy atom. The molecule has 0 radical (unpaired) electrons. The standard InChI is InChI=1S/C13H16N4O/c1-3-4-10-5-7-11(8-6-10)15-13(18)12-14-9(2)16-17-12/h5-8H,3-4H2,1-2H3,(H,15,18)(H,14,16,17). The van der Waals surface area contributed by atoms with E-state index in [1.54, 1.807) is 6.92 Å². The zero-order valence-electron chi connectivity index (χ0n) is 10.5. The number of benzene rings is 1. The Labute approximate surface area is 106 Å². The van der Waals surface area contributed by atoms with Gasteiger partial charge in [-0.2, -0.15) is 0 Å². The predicted molar refractivity (Wildman–Crippen MR) is 69.5 cm³/mol. The molecule has 1 amide bonds.